The van der Waals surface area contributed by atoms with E-state index in [2.05, 4.69) is 46.0 Å². The molecule has 1 aliphatic carbocycles. The molecule has 0 saturated heterocycles. The van der Waals surface area contributed by atoms with Crippen LogP contribution < -0.4 is 5.73 Å². The lowest BCUT2D eigenvalue weighted by Gasteiger charge is -2.40. The minimum Gasteiger partial charge on any atom is -0.370 e. The van der Waals surface area contributed by atoms with Crippen LogP contribution in [0.25, 0.3) is 17.1 Å². The van der Waals surface area contributed by atoms with Gasteiger partial charge in [0.25, 0.3) is 0 Å². The molecule has 5 rings (SSSR count). The Bertz CT molecular complexity index is 1520. The van der Waals surface area contributed by atoms with E-state index in [0.29, 0.717) is 29.5 Å². The normalized spacial score (nSPS) is 19.9. The summed E-state index contributed by atoms with van der Waals surface area (Å²) in [6, 6.07) is 5.50. The van der Waals surface area contributed by atoms with Crippen molar-refractivity contribution in [2.45, 2.75) is 58.3 Å². The maximum absolute atomic E-state index is 14.6. The molecular weight excluding hydrogens is 490 g/mol. The molecule has 11 heteroatoms. The third-order valence-corrected chi connectivity index (χ3v) is 7.96. The van der Waals surface area contributed by atoms with Gasteiger partial charge in [0.05, 0.1) is 34.3 Å². The van der Waals surface area contributed by atoms with E-state index in [0.717, 1.165) is 12.0 Å². The highest BCUT2D eigenvalue weighted by Gasteiger charge is 2.58. The number of hydrogen-bond acceptors (Lipinski definition) is 7. The van der Waals surface area contributed by atoms with Crippen molar-refractivity contribution in [1.29, 1.82) is 0 Å². The number of benzene rings is 1. The van der Waals surface area contributed by atoms with Gasteiger partial charge in [-0.25, -0.2) is 23.4 Å². The summed E-state index contributed by atoms with van der Waals surface area (Å²) < 4.78 is 30.6. The fourth-order valence-electron chi connectivity index (χ4n) is 5.61. The molecular formula is C27H28F2N8O. The van der Waals surface area contributed by atoms with Gasteiger partial charge >= 0.3 is 0 Å². The third kappa shape index (κ3) is 3.93. The van der Waals surface area contributed by atoms with Crippen molar-refractivity contribution >= 4 is 5.91 Å². The second-order valence-electron chi connectivity index (χ2n) is 10.3. The summed E-state index contributed by atoms with van der Waals surface area (Å²) in [6.45, 7) is 8.40. The zero-order valence-corrected chi connectivity index (χ0v) is 21.6. The lowest BCUT2D eigenvalue weighted by Crippen LogP contribution is -2.40. The Morgan fingerprint density at radius 1 is 1.13 bits per heavy atom. The Morgan fingerprint density at radius 3 is 2.55 bits per heavy atom. The van der Waals surface area contributed by atoms with Crippen molar-refractivity contribution in [3.8, 4) is 17.1 Å². The molecule has 0 saturated carbocycles. The summed E-state index contributed by atoms with van der Waals surface area (Å²) in [5.41, 5.74) is 6.32. The highest BCUT2D eigenvalue weighted by molar-refractivity contribution is 5.73. The Hall–Kier alpha value is -4.15. The predicted octanol–water partition coefficient (Wildman–Crippen LogP) is 4.05. The van der Waals surface area contributed by atoms with Crippen molar-refractivity contribution in [2.24, 2.45) is 11.1 Å². The van der Waals surface area contributed by atoms with Crippen molar-refractivity contribution in [1.82, 2.24) is 34.9 Å². The van der Waals surface area contributed by atoms with Gasteiger partial charge in [0.15, 0.2) is 11.6 Å². The molecule has 38 heavy (non-hydrogen) atoms. The summed E-state index contributed by atoms with van der Waals surface area (Å²) in [5, 5.41) is 13.2. The van der Waals surface area contributed by atoms with Crippen LogP contribution in [0.3, 0.4) is 0 Å². The van der Waals surface area contributed by atoms with Crippen LogP contribution in [0, 0.1) is 17.0 Å². The first-order chi connectivity index (χ1) is 18.1. The number of halogens is 2. The molecule has 4 aromatic rings. The van der Waals surface area contributed by atoms with Crippen LogP contribution in [0.2, 0.25) is 0 Å². The maximum atomic E-state index is 14.6. The van der Waals surface area contributed by atoms with Gasteiger partial charge in [0.2, 0.25) is 5.91 Å². The topological polar surface area (TPSA) is 125 Å². The maximum Gasteiger partial charge on any atom is 0.217 e. The van der Waals surface area contributed by atoms with E-state index in [1.807, 2.05) is 6.92 Å². The Morgan fingerprint density at radius 2 is 1.87 bits per heavy atom. The first-order valence-electron chi connectivity index (χ1n) is 12.4. The van der Waals surface area contributed by atoms with Gasteiger partial charge in [-0.3, -0.25) is 9.78 Å². The minimum absolute atomic E-state index is 0.0174. The number of amides is 1. The van der Waals surface area contributed by atoms with Crippen molar-refractivity contribution in [3.05, 3.63) is 77.4 Å². The quantitative estimate of drug-likeness (QED) is 0.391. The van der Waals surface area contributed by atoms with Gasteiger partial charge < -0.3 is 5.73 Å². The number of hydrogen-bond donors (Lipinski definition) is 1. The number of rotatable bonds is 7. The largest absolute Gasteiger partial charge is 0.370 e. The van der Waals surface area contributed by atoms with Crippen LogP contribution in [0.1, 0.15) is 69.2 Å². The van der Waals surface area contributed by atoms with Crippen molar-refractivity contribution < 1.29 is 13.6 Å². The van der Waals surface area contributed by atoms with Gasteiger partial charge in [-0.15, -0.1) is 10.2 Å². The molecule has 3 heterocycles. The van der Waals surface area contributed by atoms with E-state index >= 15 is 0 Å². The lowest BCUT2D eigenvalue weighted by molar-refractivity contribution is -0.118. The summed E-state index contributed by atoms with van der Waals surface area (Å²) in [4.78, 5) is 24.7. The highest BCUT2D eigenvalue weighted by atomic mass is 19.1. The fourth-order valence-corrected chi connectivity index (χ4v) is 5.61. The van der Waals surface area contributed by atoms with E-state index in [1.54, 1.807) is 18.5 Å². The summed E-state index contributed by atoms with van der Waals surface area (Å²) in [6.07, 6.45) is 6.05. The van der Waals surface area contributed by atoms with Gasteiger partial charge in [-0.1, -0.05) is 26.8 Å². The zero-order valence-electron chi connectivity index (χ0n) is 21.6. The van der Waals surface area contributed by atoms with Crippen LogP contribution in [0.5, 0.6) is 0 Å². The number of carbonyl (C=O) groups excluding carboxylic acids is 1. The number of aryl methyl sites for hydroxylation is 1. The summed E-state index contributed by atoms with van der Waals surface area (Å²) in [5.74, 6) is -0.854. The summed E-state index contributed by atoms with van der Waals surface area (Å²) >= 11 is 0. The van der Waals surface area contributed by atoms with Crippen molar-refractivity contribution in [3.63, 3.8) is 0 Å². The standard InChI is InChI=1S/C27H28F2N8O/c1-5-16-15-11-19(24-17(28)7-6-8-18(24)29)34-35-25(15)27(4,26(16,2)3)20-12-31-13-23(33-20)37-14-32-22(36-37)10-9-21(30)38/h6-8,11-14,16H,5,9-10H2,1-4H3,(H2,30,38)/t16-,27-/m0/s1. The average molecular weight is 519 g/mol. The number of nitrogens with two attached hydrogens (primary N) is 1. The zero-order chi connectivity index (χ0) is 27.2. The van der Waals surface area contributed by atoms with Gasteiger partial charge in [0, 0.05) is 19.0 Å². The van der Waals surface area contributed by atoms with E-state index in [-0.39, 0.29) is 23.6 Å². The van der Waals surface area contributed by atoms with E-state index in [9.17, 15) is 13.6 Å². The minimum atomic E-state index is -0.722. The Kier molecular flexibility index (Phi) is 6.24. The molecule has 1 aromatic carbocycles. The van der Waals surface area contributed by atoms with Crippen LogP contribution in [-0.2, 0) is 16.6 Å². The second-order valence-corrected chi connectivity index (χ2v) is 10.3. The fraction of sp³-hybridized carbons (Fsp3) is 0.370. The smallest absolute Gasteiger partial charge is 0.217 e. The van der Waals surface area contributed by atoms with E-state index in [1.165, 1.54) is 29.2 Å². The molecule has 196 valence electrons. The van der Waals surface area contributed by atoms with Crippen LogP contribution >= 0.6 is 0 Å². The monoisotopic (exact) mass is 518 g/mol. The number of carbonyl (C=O) groups is 1. The van der Waals surface area contributed by atoms with E-state index < -0.39 is 28.4 Å². The Labute approximate surface area is 218 Å². The molecule has 3 aromatic heterocycles. The molecule has 0 unspecified atom stereocenters. The molecule has 1 amide bonds. The van der Waals surface area contributed by atoms with Crippen LogP contribution in [0.4, 0.5) is 8.78 Å². The number of aromatic nitrogens is 7. The number of primary amides is 1. The van der Waals surface area contributed by atoms with Crippen LogP contribution in [0.15, 0.2) is 43.0 Å². The SMILES string of the molecule is CC[C@H]1c2cc(-c3c(F)cccc3F)nnc2[C@](C)(c2cncc(-n3cnc(CCC(N)=O)n3)n2)C1(C)C. The highest BCUT2D eigenvalue weighted by Crippen LogP contribution is 2.61. The molecule has 0 fully saturated rings. The summed E-state index contributed by atoms with van der Waals surface area (Å²) in [7, 11) is 0. The molecule has 9 nitrogen and oxygen atoms in total. The molecule has 1 aliphatic rings. The number of nitrogens with zero attached hydrogens (tertiary/aromatic N) is 7. The first kappa shape index (κ1) is 25.5. The third-order valence-electron chi connectivity index (χ3n) is 7.96. The van der Waals surface area contributed by atoms with Gasteiger partial charge in [0.1, 0.15) is 18.0 Å². The van der Waals surface area contributed by atoms with Crippen molar-refractivity contribution in [2.75, 3.05) is 0 Å². The average Bonchev–Trinajstić information content (AvgIpc) is 3.42. The number of fused-ring (bicyclic) bond motifs is 1. The molecule has 2 N–H and O–H groups in total. The Balaban J connectivity index is 1.60. The second kappa shape index (κ2) is 9.30. The first-order valence-corrected chi connectivity index (χ1v) is 12.4. The van der Waals surface area contributed by atoms with E-state index in [4.69, 9.17) is 10.7 Å². The van der Waals surface area contributed by atoms with Gasteiger partial charge in [-0.2, -0.15) is 5.10 Å². The van der Waals surface area contributed by atoms with Crippen LogP contribution in [-0.4, -0.2) is 40.8 Å². The predicted molar refractivity (Wildman–Crippen MR) is 135 cm³/mol. The molecule has 0 spiro atoms. The molecule has 2 atom stereocenters. The molecule has 0 bridgehead atoms. The molecule has 0 aliphatic heterocycles. The molecule has 0 radical (unpaired) electrons. The van der Waals surface area contributed by atoms with Gasteiger partial charge in [-0.05, 0) is 48.4 Å². The lowest BCUT2D eigenvalue weighted by atomic mass is 9.62.